The number of hydrogen-bond donors (Lipinski definition) is 0. The highest BCUT2D eigenvalue weighted by atomic mass is 32.2. The summed E-state index contributed by atoms with van der Waals surface area (Å²) in [5.41, 5.74) is 2.83. The van der Waals surface area contributed by atoms with Crippen molar-refractivity contribution in [1.82, 2.24) is 9.55 Å². The molecule has 2 nitrogen and oxygen atoms in total. The van der Waals surface area contributed by atoms with Gasteiger partial charge in [-0.1, -0.05) is 54.2 Å². The lowest BCUT2D eigenvalue weighted by Gasteiger charge is -2.10. The van der Waals surface area contributed by atoms with Gasteiger partial charge >= 0.3 is 6.18 Å². The van der Waals surface area contributed by atoms with E-state index < -0.39 is 12.6 Å². The molecule has 0 unspecified atom stereocenters. The third kappa shape index (κ3) is 4.07. The summed E-state index contributed by atoms with van der Waals surface area (Å²) in [5.74, 6) is -0.0262. The van der Waals surface area contributed by atoms with E-state index >= 15 is 0 Å². The molecule has 0 radical (unpaired) electrons. The highest BCUT2D eigenvalue weighted by Crippen LogP contribution is 2.29. The Labute approximate surface area is 136 Å². The summed E-state index contributed by atoms with van der Waals surface area (Å²) in [4.78, 5) is 4.49. The molecule has 0 spiro atoms. The summed E-state index contributed by atoms with van der Waals surface area (Å²) in [6.45, 7) is 0.593. The maximum atomic E-state index is 12.4. The second-order valence-corrected chi connectivity index (χ2v) is 6.23. The topological polar surface area (TPSA) is 17.8 Å². The molecule has 120 valence electrons. The fourth-order valence-electron chi connectivity index (χ4n) is 2.34. The Hall–Kier alpha value is -1.95. The van der Waals surface area contributed by atoms with Crippen molar-refractivity contribution in [2.45, 2.75) is 24.3 Å². The van der Waals surface area contributed by atoms with Crippen LogP contribution in [0.1, 0.15) is 12.0 Å². The Morgan fingerprint density at radius 2 is 1.65 bits per heavy atom. The minimum atomic E-state index is -4.14. The number of thioether (sulfide) groups is 1. The smallest absolute Gasteiger partial charge is 0.314 e. The van der Waals surface area contributed by atoms with Crippen molar-refractivity contribution in [3.63, 3.8) is 0 Å². The van der Waals surface area contributed by atoms with Crippen LogP contribution in [0.3, 0.4) is 0 Å². The zero-order valence-electron chi connectivity index (χ0n) is 12.3. The molecule has 3 aromatic rings. The van der Waals surface area contributed by atoms with Crippen LogP contribution in [0.4, 0.5) is 13.2 Å². The predicted molar refractivity (Wildman–Crippen MR) is 86.7 cm³/mol. The molecule has 0 amide bonds. The summed E-state index contributed by atoms with van der Waals surface area (Å²) in [5, 5.41) is 0.624. The first-order valence-corrected chi connectivity index (χ1v) is 8.20. The zero-order valence-corrected chi connectivity index (χ0v) is 13.1. The number of benzene rings is 2. The summed E-state index contributed by atoms with van der Waals surface area (Å²) < 4.78 is 39.1. The predicted octanol–water partition coefficient (Wildman–Crippen LogP) is 5.13. The number of rotatable bonds is 5. The highest BCUT2D eigenvalue weighted by Gasteiger charge is 2.26. The van der Waals surface area contributed by atoms with Crippen LogP contribution in [0.25, 0.3) is 11.0 Å². The SMILES string of the molecule is FC(F)(F)CCSc1nc2ccccc2n1Cc1ccccc1. The highest BCUT2D eigenvalue weighted by molar-refractivity contribution is 7.99. The van der Waals surface area contributed by atoms with Gasteiger partial charge in [-0.15, -0.1) is 0 Å². The maximum Gasteiger partial charge on any atom is 0.389 e. The van der Waals surface area contributed by atoms with E-state index in [0.29, 0.717) is 11.7 Å². The molecule has 0 saturated heterocycles. The van der Waals surface area contributed by atoms with E-state index in [1.165, 1.54) is 0 Å². The van der Waals surface area contributed by atoms with Crippen molar-refractivity contribution in [3.05, 3.63) is 60.2 Å². The van der Waals surface area contributed by atoms with E-state index in [1.807, 2.05) is 59.2 Å². The van der Waals surface area contributed by atoms with Crippen molar-refractivity contribution in [3.8, 4) is 0 Å². The van der Waals surface area contributed by atoms with E-state index in [4.69, 9.17) is 0 Å². The first kappa shape index (κ1) is 15.9. The number of aromatic nitrogens is 2. The van der Waals surface area contributed by atoms with E-state index in [1.54, 1.807) is 0 Å². The number of nitrogens with zero attached hydrogens (tertiary/aromatic N) is 2. The molecule has 0 aliphatic heterocycles. The van der Waals surface area contributed by atoms with E-state index in [9.17, 15) is 13.2 Å². The first-order chi connectivity index (χ1) is 11.0. The van der Waals surface area contributed by atoms with Gasteiger partial charge in [0.15, 0.2) is 5.16 Å². The van der Waals surface area contributed by atoms with Crippen molar-refractivity contribution >= 4 is 22.8 Å². The van der Waals surface area contributed by atoms with Gasteiger partial charge in [-0.3, -0.25) is 0 Å². The number of para-hydroxylation sites is 2. The minimum Gasteiger partial charge on any atom is -0.314 e. The number of fused-ring (bicyclic) bond motifs is 1. The third-order valence-corrected chi connectivity index (χ3v) is 4.40. The Balaban J connectivity index is 1.88. The molecule has 0 aliphatic rings. The summed E-state index contributed by atoms with van der Waals surface area (Å²) >= 11 is 1.15. The Morgan fingerprint density at radius 3 is 2.39 bits per heavy atom. The number of alkyl halides is 3. The van der Waals surface area contributed by atoms with Gasteiger partial charge in [0.25, 0.3) is 0 Å². The van der Waals surface area contributed by atoms with E-state index in [-0.39, 0.29) is 5.75 Å². The number of halogens is 3. The van der Waals surface area contributed by atoms with Gasteiger partial charge in [0.05, 0.1) is 24.0 Å². The normalized spacial score (nSPS) is 12.0. The lowest BCUT2D eigenvalue weighted by atomic mass is 10.2. The molecule has 3 rings (SSSR count). The monoisotopic (exact) mass is 336 g/mol. The standard InChI is InChI=1S/C17H15F3N2S/c18-17(19,20)10-11-23-16-21-14-8-4-5-9-15(14)22(16)12-13-6-2-1-3-7-13/h1-9H,10-12H2. The van der Waals surface area contributed by atoms with Crippen LogP contribution in [0.2, 0.25) is 0 Å². The molecular formula is C17H15F3N2S. The fourth-order valence-corrected chi connectivity index (χ4v) is 3.34. The Kier molecular flexibility index (Phi) is 4.61. The fraction of sp³-hybridized carbons (Fsp3) is 0.235. The van der Waals surface area contributed by atoms with Gasteiger partial charge in [-0.2, -0.15) is 13.2 Å². The molecule has 6 heteroatoms. The maximum absolute atomic E-state index is 12.4. The van der Waals surface area contributed by atoms with Crippen LogP contribution in [0.5, 0.6) is 0 Å². The summed E-state index contributed by atoms with van der Waals surface area (Å²) in [6.07, 6.45) is -4.95. The first-order valence-electron chi connectivity index (χ1n) is 7.22. The van der Waals surface area contributed by atoms with E-state index in [2.05, 4.69) is 4.98 Å². The largest absolute Gasteiger partial charge is 0.389 e. The molecule has 2 aromatic carbocycles. The van der Waals surface area contributed by atoms with Crippen LogP contribution >= 0.6 is 11.8 Å². The molecule has 0 bridgehead atoms. The Bertz CT molecular complexity index is 781. The molecular weight excluding hydrogens is 321 g/mol. The molecule has 0 saturated carbocycles. The molecule has 1 heterocycles. The van der Waals surface area contributed by atoms with Crippen LogP contribution in [-0.4, -0.2) is 21.5 Å². The van der Waals surface area contributed by atoms with Gasteiger partial charge in [-0.25, -0.2) is 4.98 Å². The van der Waals surface area contributed by atoms with E-state index in [0.717, 1.165) is 28.4 Å². The van der Waals surface area contributed by atoms with Gasteiger partial charge in [0.2, 0.25) is 0 Å². The van der Waals surface area contributed by atoms with Crippen LogP contribution in [0.15, 0.2) is 59.8 Å². The van der Waals surface area contributed by atoms with Crippen molar-refractivity contribution in [2.24, 2.45) is 0 Å². The number of hydrogen-bond acceptors (Lipinski definition) is 2. The van der Waals surface area contributed by atoms with Crippen LogP contribution in [0, 0.1) is 0 Å². The Morgan fingerprint density at radius 1 is 0.957 bits per heavy atom. The second kappa shape index (κ2) is 6.66. The van der Waals surface area contributed by atoms with Gasteiger partial charge in [0.1, 0.15) is 0 Å². The zero-order chi connectivity index (χ0) is 16.3. The quantitative estimate of drug-likeness (QED) is 0.601. The van der Waals surface area contributed by atoms with Gasteiger partial charge < -0.3 is 4.57 Å². The van der Waals surface area contributed by atoms with Crippen LogP contribution < -0.4 is 0 Å². The molecule has 0 N–H and O–H groups in total. The third-order valence-electron chi connectivity index (χ3n) is 3.42. The number of imidazole rings is 1. The summed E-state index contributed by atoms with van der Waals surface area (Å²) in [6, 6.07) is 17.5. The van der Waals surface area contributed by atoms with Crippen molar-refractivity contribution in [1.29, 1.82) is 0 Å². The molecule has 1 aromatic heterocycles. The second-order valence-electron chi connectivity index (χ2n) is 5.17. The molecule has 23 heavy (non-hydrogen) atoms. The van der Waals surface area contributed by atoms with Crippen molar-refractivity contribution < 1.29 is 13.2 Å². The van der Waals surface area contributed by atoms with Crippen LogP contribution in [-0.2, 0) is 6.54 Å². The van der Waals surface area contributed by atoms with Gasteiger partial charge in [-0.05, 0) is 17.7 Å². The lowest BCUT2D eigenvalue weighted by molar-refractivity contribution is -0.129. The van der Waals surface area contributed by atoms with Crippen molar-refractivity contribution in [2.75, 3.05) is 5.75 Å². The molecule has 0 aliphatic carbocycles. The summed E-state index contributed by atoms with van der Waals surface area (Å²) in [7, 11) is 0. The molecule has 0 fully saturated rings. The average molecular weight is 336 g/mol. The average Bonchev–Trinajstić information content (AvgIpc) is 2.85. The van der Waals surface area contributed by atoms with Gasteiger partial charge in [0, 0.05) is 5.75 Å². The lowest BCUT2D eigenvalue weighted by Crippen LogP contribution is -2.09. The minimum absolute atomic E-state index is 0.0262. The molecule has 0 atom stereocenters.